The van der Waals surface area contributed by atoms with Crippen molar-refractivity contribution < 1.29 is 9.47 Å². The molecule has 0 unspecified atom stereocenters. The number of nitrogens with two attached hydrogens (primary N) is 1. The number of rotatable bonds is 4. The predicted molar refractivity (Wildman–Crippen MR) is 72.0 cm³/mol. The van der Waals surface area contributed by atoms with Crippen molar-refractivity contribution in [3.05, 3.63) is 30.2 Å². The van der Waals surface area contributed by atoms with Gasteiger partial charge in [-0.05, 0) is 24.6 Å². The van der Waals surface area contributed by atoms with Crippen LogP contribution in [-0.2, 0) is 0 Å². The molecule has 100 valence electrons. The van der Waals surface area contributed by atoms with E-state index < -0.39 is 0 Å². The van der Waals surface area contributed by atoms with Crippen LogP contribution in [0.15, 0.2) is 24.4 Å². The fraction of sp³-hybridized carbons (Fsp3) is 0.357. The van der Waals surface area contributed by atoms with Crippen molar-refractivity contribution in [1.82, 2.24) is 9.97 Å². The van der Waals surface area contributed by atoms with E-state index in [0.717, 1.165) is 41.4 Å². The van der Waals surface area contributed by atoms with Crippen LogP contribution < -0.4 is 15.2 Å². The highest BCUT2D eigenvalue weighted by Gasteiger charge is 2.15. The summed E-state index contributed by atoms with van der Waals surface area (Å²) in [5, 5.41) is 0. The Bertz CT molecular complexity index is 580. The fourth-order valence-corrected chi connectivity index (χ4v) is 2.18. The lowest BCUT2D eigenvalue weighted by molar-refractivity contribution is 0.174. The lowest BCUT2D eigenvalue weighted by Gasteiger charge is -2.06. The monoisotopic (exact) mass is 259 g/mol. The second-order valence-corrected chi connectivity index (χ2v) is 4.65. The van der Waals surface area contributed by atoms with E-state index in [1.165, 1.54) is 0 Å². The van der Waals surface area contributed by atoms with Crippen molar-refractivity contribution in [2.45, 2.75) is 25.8 Å². The van der Waals surface area contributed by atoms with E-state index in [2.05, 4.69) is 16.9 Å². The summed E-state index contributed by atoms with van der Waals surface area (Å²) in [5.74, 6) is 2.38. The molecule has 0 radical (unpaired) electrons. The first-order valence-electron chi connectivity index (χ1n) is 6.48. The van der Waals surface area contributed by atoms with Crippen molar-refractivity contribution in [1.29, 1.82) is 0 Å². The van der Waals surface area contributed by atoms with Crippen LogP contribution in [0.5, 0.6) is 11.5 Å². The molecule has 0 saturated heterocycles. The van der Waals surface area contributed by atoms with Gasteiger partial charge >= 0.3 is 0 Å². The number of H-pyrrole nitrogens is 1. The lowest BCUT2D eigenvalue weighted by Crippen LogP contribution is -2.11. The van der Waals surface area contributed by atoms with Crippen LogP contribution in [0.3, 0.4) is 0 Å². The molecule has 3 rings (SSSR count). The molecule has 1 aliphatic rings. The zero-order valence-electron chi connectivity index (χ0n) is 10.8. The van der Waals surface area contributed by atoms with Gasteiger partial charge in [0.1, 0.15) is 5.82 Å². The van der Waals surface area contributed by atoms with Crippen LogP contribution >= 0.6 is 0 Å². The quantitative estimate of drug-likeness (QED) is 0.885. The molecule has 1 aliphatic heterocycles. The summed E-state index contributed by atoms with van der Waals surface area (Å²) < 4.78 is 10.7. The number of hydrogen-bond acceptors (Lipinski definition) is 4. The molecule has 2 heterocycles. The molecular weight excluding hydrogens is 242 g/mol. The first-order chi connectivity index (χ1) is 9.28. The Morgan fingerprint density at radius 3 is 3.05 bits per heavy atom. The molecule has 1 atom stereocenters. The van der Waals surface area contributed by atoms with Gasteiger partial charge in [0.25, 0.3) is 0 Å². The smallest absolute Gasteiger partial charge is 0.231 e. The van der Waals surface area contributed by atoms with Crippen LogP contribution in [-0.4, -0.2) is 16.8 Å². The number of ether oxygens (including phenoxy) is 2. The van der Waals surface area contributed by atoms with E-state index in [-0.39, 0.29) is 12.8 Å². The Hall–Kier alpha value is -2.01. The Morgan fingerprint density at radius 1 is 1.37 bits per heavy atom. The minimum absolute atomic E-state index is 0.0345. The minimum atomic E-state index is -0.0345. The van der Waals surface area contributed by atoms with Gasteiger partial charge in [0.2, 0.25) is 6.79 Å². The van der Waals surface area contributed by atoms with E-state index in [1.807, 2.05) is 24.4 Å². The number of aromatic amines is 1. The van der Waals surface area contributed by atoms with Crippen molar-refractivity contribution >= 4 is 0 Å². The Labute approximate surface area is 111 Å². The maximum Gasteiger partial charge on any atom is 0.231 e. The summed E-state index contributed by atoms with van der Waals surface area (Å²) in [6.45, 7) is 2.40. The van der Waals surface area contributed by atoms with E-state index in [9.17, 15) is 0 Å². The summed E-state index contributed by atoms with van der Waals surface area (Å²) >= 11 is 0. The molecule has 1 aromatic heterocycles. The van der Waals surface area contributed by atoms with Crippen molar-refractivity contribution in [3.63, 3.8) is 0 Å². The molecule has 3 N–H and O–H groups in total. The first kappa shape index (κ1) is 12.0. The second-order valence-electron chi connectivity index (χ2n) is 4.65. The van der Waals surface area contributed by atoms with Gasteiger partial charge in [-0.15, -0.1) is 0 Å². The van der Waals surface area contributed by atoms with Gasteiger partial charge in [-0.2, -0.15) is 0 Å². The van der Waals surface area contributed by atoms with Gasteiger partial charge in [0, 0.05) is 5.56 Å². The van der Waals surface area contributed by atoms with E-state index in [1.54, 1.807) is 0 Å². The third-order valence-electron chi connectivity index (χ3n) is 3.23. The Morgan fingerprint density at radius 2 is 2.21 bits per heavy atom. The summed E-state index contributed by atoms with van der Waals surface area (Å²) in [6.07, 6.45) is 3.78. The number of imidazole rings is 1. The number of hydrogen-bond donors (Lipinski definition) is 2. The molecule has 5 heteroatoms. The molecule has 0 spiro atoms. The zero-order valence-corrected chi connectivity index (χ0v) is 10.8. The first-order valence-corrected chi connectivity index (χ1v) is 6.48. The van der Waals surface area contributed by atoms with Crippen LogP contribution in [0.25, 0.3) is 11.3 Å². The molecule has 5 nitrogen and oxygen atoms in total. The van der Waals surface area contributed by atoms with Crippen molar-refractivity contribution in [2.75, 3.05) is 6.79 Å². The van der Waals surface area contributed by atoms with Gasteiger partial charge in [0.15, 0.2) is 11.5 Å². The molecule has 1 aromatic carbocycles. The van der Waals surface area contributed by atoms with Crippen LogP contribution in [0.1, 0.15) is 31.6 Å². The van der Waals surface area contributed by atoms with Crippen molar-refractivity contribution in [3.8, 4) is 22.8 Å². The summed E-state index contributed by atoms with van der Waals surface area (Å²) in [4.78, 5) is 7.62. The normalized spacial score (nSPS) is 14.6. The summed E-state index contributed by atoms with van der Waals surface area (Å²) in [5.41, 5.74) is 8.01. The molecule has 0 bridgehead atoms. The molecule has 2 aromatic rings. The predicted octanol–water partition coefficient (Wildman–Crippen LogP) is 2.61. The molecular formula is C14H17N3O2. The van der Waals surface area contributed by atoms with Gasteiger partial charge < -0.3 is 20.2 Å². The number of nitrogens with zero attached hydrogens (tertiary/aromatic N) is 1. The maximum atomic E-state index is 6.05. The van der Waals surface area contributed by atoms with Gasteiger partial charge in [-0.1, -0.05) is 13.3 Å². The SMILES string of the molecule is CCC[C@@H](N)c1ncc(-c2ccc3c(c2)OCO3)[nH]1. The molecule has 0 saturated carbocycles. The minimum Gasteiger partial charge on any atom is -0.454 e. The Balaban J connectivity index is 1.86. The zero-order chi connectivity index (χ0) is 13.2. The fourth-order valence-electron chi connectivity index (χ4n) is 2.18. The number of benzene rings is 1. The topological polar surface area (TPSA) is 73.2 Å². The molecule has 0 aliphatic carbocycles. The standard InChI is InChI=1S/C14H17N3O2/c1-2-3-10(15)14-16-7-11(17-14)9-4-5-12-13(6-9)19-8-18-12/h4-7,10H,2-3,8,15H2,1H3,(H,16,17)/t10-/m1/s1. The molecule has 0 amide bonds. The van der Waals surface area contributed by atoms with Gasteiger partial charge in [-0.25, -0.2) is 4.98 Å². The number of aromatic nitrogens is 2. The van der Waals surface area contributed by atoms with E-state index >= 15 is 0 Å². The highest BCUT2D eigenvalue weighted by atomic mass is 16.7. The number of nitrogens with one attached hydrogen (secondary N) is 1. The average Bonchev–Trinajstić information content (AvgIpc) is 3.07. The van der Waals surface area contributed by atoms with Crippen LogP contribution in [0, 0.1) is 0 Å². The largest absolute Gasteiger partial charge is 0.454 e. The van der Waals surface area contributed by atoms with Crippen LogP contribution in [0.2, 0.25) is 0 Å². The summed E-state index contributed by atoms with van der Waals surface area (Å²) in [7, 11) is 0. The molecule has 19 heavy (non-hydrogen) atoms. The Kier molecular flexibility index (Phi) is 3.13. The summed E-state index contributed by atoms with van der Waals surface area (Å²) in [6, 6.07) is 5.80. The van der Waals surface area contributed by atoms with Crippen molar-refractivity contribution in [2.24, 2.45) is 5.73 Å². The molecule has 0 fully saturated rings. The second kappa shape index (κ2) is 4.93. The highest BCUT2D eigenvalue weighted by molar-refractivity contribution is 5.64. The van der Waals surface area contributed by atoms with E-state index in [4.69, 9.17) is 15.2 Å². The van der Waals surface area contributed by atoms with Crippen LogP contribution in [0.4, 0.5) is 0 Å². The number of fused-ring (bicyclic) bond motifs is 1. The third-order valence-corrected chi connectivity index (χ3v) is 3.23. The lowest BCUT2D eigenvalue weighted by atomic mass is 10.1. The third kappa shape index (κ3) is 2.29. The van der Waals surface area contributed by atoms with Gasteiger partial charge in [0.05, 0.1) is 17.9 Å². The maximum absolute atomic E-state index is 6.05. The average molecular weight is 259 g/mol. The highest BCUT2D eigenvalue weighted by Crippen LogP contribution is 2.35. The van der Waals surface area contributed by atoms with E-state index in [0.29, 0.717) is 0 Å². The van der Waals surface area contributed by atoms with Gasteiger partial charge in [-0.3, -0.25) is 0 Å².